The zero-order chi connectivity index (χ0) is 6.81. The molecule has 1 aliphatic heterocycles. The van der Waals surface area contributed by atoms with E-state index in [0.717, 1.165) is 5.75 Å². The van der Waals surface area contributed by atoms with Crippen LogP contribution >= 0.6 is 0 Å². The van der Waals surface area contributed by atoms with Gasteiger partial charge in [0.25, 0.3) is 0 Å². The summed E-state index contributed by atoms with van der Waals surface area (Å²) in [6.07, 6.45) is 4.10. The van der Waals surface area contributed by atoms with E-state index in [1.807, 2.05) is 30.3 Å². The molecule has 1 heterocycles. The van der Waals surface area contributed by atoms with Crippen molar-refractivity contribution in [1.29, 1.82) is 0 Å². The zero-order valence-corrected chi connectivity index (χ0v) is 12.7. The van der Waals surface area contributed by atoms with Crippen LogP contribution in [0.1, 0.15) is 5.56 Å². The third kappa shape index (κ3) is 5.30. The summed E-state index contributed by atoms with van der Waals surface area (Å²) in [5.41, 5.74) is 1.17. The minimum atomic E-state index is 0. The largest absolute Gasteiger partial charge is 0.489 e. The van der Waals surface area contributed by atoms with Crippen LogP contribution in [0, 0.1) is 0 Å². The monoisotopic (exact) mass is 395 g/mol. The number of para-hydroxylation sites is 1. The maximum absolute atomic E-state index is 5.34. The van der Waals surface area contributed by atoms with E-state index in [1.54, 1.807) is 0 Å². The van der Waals surface area contributed by atoms with Gasteiger partial charge in [-0.05, 0) is 12.1 Å². The van der Waals surface area contributed by atoms with E-state index in [0.29, 0.717) is 6.61 Å². The summed E-state index contributed by atoms with van der Waals surface area (Å²) in [7, 11) is 0. The van der Waals surface area contributed by atoms with Gasteiger partial charge in [0.05, 0.1) is 0 Å². The summed E-state index contributed by atoms with van der Waals surface area (Å²) < 4.78 is 5.34. The van der Waals surface area contributed by atoms with Crippen LogP contribution in [-0.4, -0.2) is 6.61 Å². The van der Waals surface area contributed by atoms with Crippen molar-refractivity contribution in [3.63, 3.8) is 0 Å². The molecule has 1 aliphatic rings. The molecule has 5 heteroatoms. The van der Waals surface area contributed by atoms with Gasteiger partial charge in [-0.3, -0.25) is 0 Å². The molecule has 0 aromatic heterocycles. The molecular weight excluding hydrogens is 386 g/mol. The second kappa shape index (κ2) is 10.7. The van der Waals surface area contributed by atoms with Crippen molar-refractivity contribution < 1.29 is 80.8 Å². The molecule has 1 aromatic rings. The van der Waals surface area contributed by atoms with Crippen LogP contribution in [0.15, 0.2) is 30.3 Å². The Kier molecular flexibility index (Phi) is 15.7. The van der Waals surface area contributed by atoms with Crippen molar-refractivity contribution in [2.45, 2.75) is 0 Å². The molecular formula is C9H8CoMoNiOTi. The first kappa shape index (κ1) is 20.6. The average molecular weight is 394 g/mol. The molecule has 14 heavy (non-hydrogen) atoms. The van der Waals surface area contributed by atoms with Gasteiger partial charge < -0.3 is 4.74 Å². The van der Waals surface area contributed by atoms with E-state index in [-0.39, 0.29) is 76.1 Å². The quantitative estimate of drug-likeness (QED) is 0.614. The van der Waals surface area contributed by atoms with Gasteiger partial charge in [0.15, 0.2) is 0 Å². The summed E-state index contributed by atoms with van der Waals surface area (Å²) in [6.45, 7) is 0.705. The number of hydrogen-bond donors (Lipinski definition) is 0. The Morgan fingerprint density at radius 1 is 1.14 bits per heavy atom. The maximum Gasteiger partial charge on any atom is 0.126 e. The SMILES string of the molecule is C1=Cc2ccccc2OC1.[Co].[Mo].[Ni].[Ti]. The molecule has 79 valence electrons. The van der Waals surface area contributed by atoms with Gasteiger partial charge >= 0.3 is 0 Å². The van der Waals surface area contributed by atoms with Crippen LogP contribution in [0.3, 0.4) is 0 Å². The van der Waals surface area contributed by atoms with E-state index in [4.69, 9.17) is 4.74 Å². The molecule has 0 unspecified atom stereocenters. The number of fused-ring (bicyclic) bond motifs is 1. The Balaban J connectivity index is -0.000000302. The first-order valence-electron chi connectivity index (χ1n) is 3.35. The smallest absolute Gasteiger partial charge is 0.126 e. The minimum Gasteiger partial charge on any atom is -0.489 e. The van der Waals surface area contributed by atoms with Crippen LogP contribution in [0.4, 0.5) is 0 Å². The molecule has 1 nitrogen and oxygen atoms in total. The van der Waals surface area contributed by atoms with Gasteiger partial charge in [-0.2, -0.15) is 0 Å². The van der Waals surface area contributed by atoms with Gasteiger partial charge in [0, 0.05) is 81.6 Å². The van der Waals surface area contributed by atoms with Gasteiger partial charge in [0.1, 0.15) is 12.4 Å². The molecule has 0 atom stereocenters. The number of hydrogen-bond acceptors (Lipinski definition) is 1. The standard InChI is InChI=1S/C9H8O.Co.Mo.Ni.Ti/c1-2-6-9-8(4-1)5-3-7-10-9;;;;/h1-6H,7H2;;;;. The molecule has 1 aromatic carbocycles. The molecule has 0 fully saturated rings. The maximum atomic E-state index is 5.34. The Morgan fingerprint density at radius 3 is 2.43 bits per heavy atom. The predicted molar refractivity (Wildman–Crippen MR) is 41.0 cm³/mol. The fourth-order valence-electron chi connectivity index (χ4n) is 1.06. The molecule has 0 spiro atoms. The average Bonchev–Trinajstić information content (AvgIpc) is 2.05. The number of rotatable bonds is 0. The second-order valence-corrected chi connectivity index (χ2v) is 2.25. The first-order chi connectivity index (χ1) is 4.97. The van der Waals surface area contributed by atoms with Gasteiger partial charge in [-0.1, -0.05) is 24.3 Å². The van der Waals surface area contributed by atoms with Crippen LogP contribution in [0.2, 0.25) is 0 Å². The van der Waals surface area contributed by atoms with E-state index in [1.165, 1.54) is 5.56 Å². The molecule has 1 radical (unpaired) electrons. The summed E-state index contributed by atoms with van der Waals surface area (Å²) in [4.78, 5) is 0. The normalized spacial score (nSPS) is 10.0. The molecule has 0 N–H and O–H groups in total. The van der Waals surface area contributed by atoms with Gasteiger partial charge in [-0.15, -0.1) is 0 Å². The Morgan fingerprint density at radius 2 is 1.79 bits per heavy atom. The van der Waals surface area contributed by atoms with E-state index in [9.17, 15) is 0 Å². The topological polar surface area (TPSA) is 9.23 Å². The Labute approximate surface area is 134 Å². The molecule has 0 amide bonds. The summed E-state index contributed by atoms with van der Waals surface area (Å²) in [5.74, 6) is 0.991. The summed E-state index contributed by atoms with van der Waals surface area (Å²) >= 11 is 0. The van der Waals surface area contributed by atoms with E-state index < -0.39 is 0 Å². The van der Waals surface area contributed by atoms with Crippen LogP contribution < -0.4 is 4.74 Å². The van der Waals surface area contributed by atoms with Crippen molar-refractivity contribution in [1.82, 2.24) is 0 Å². The van der Waals surface area contributed by atoms with Crippen LogP contribution in [-0.2, 0) is 76.1 Å². The van der Waals surface area contributed by atoms with Crippen molar-refractivity contribution in [3.8, 4) is 5.75 Å². The minimum absolute atomic E-state index is 0. The first-order valence-corrected chi connectivity index (χ1v) is 3.35. The third-order valence-corrected chi connectivity index (χ3v) is 1.55. The van der Waals surface area contributed by atoms with Crippen molar-refractivity contribution >= 4 is 6.08 Å². The Hall–Kier alpha value is 1.16. The van der Waals surface area contributed by atoms with Crippen LogP contribution in [0.25, 0.3) is 6.08 Å². The Bertz CT molecular complexity index is 283. The fourth-order valence-corrected chi connectivity index (χ4v) is 1.06. The van der Waals surface area contributed by atoms with Crippen molar-refractivity contribution in [2.24, 2.45) is 0 Å². The predicted octanol–water partition coefficient (Wildman–Crippen LogP) is 2.08. The molecule has 0 bridgehead atoms. The summed E-state index contributed by atoms with van der Waals surface area (Å²) in [6, 6.07) is 8.03. The fraction of sp³-hybridized carbons (Fsp3) is 0.111. The molecule has 0 saturated heterocycles. The summed E-state index contributed by atoms with van der Waals surface area (Å²) in [5, 5.41) is 0. The van der Waals surface area contributed by atoms with E-state index in [2.05, 4.69) is 6.08 Å². The number of benzene rings is 1. The van der Waals surface area contributed by atoms with Crippen molar-refractivity contribution in [3.05, 3.63) is 35.9 Å². The van der Waals surface area contributed by atoms with Crippen LogP contribution in [0.5, 0.6) is 5.75 Å². The van der Waals surface area contributed by atoms with Gasteiger partial charge in [0.2, 0.25) is 0 Å². The van der Waals surface area contributed by atoms with Gasteiger partial charge in [-0.25, -0.2) is 0 Å². The number of ether oxygens (including phenoxy) is 1. The van der Waals surface area contributed by atoms with E-state index >= 15 is 0 Å². The second-order valence-electron chi connectivity index (χ2n) is 2.25. The van der Waals surface area contributed by atoms with Crippen molar-refractivity contribution in [2.75, 3.05) is 6.61 Å². The zero-order valence-electron chi connectivity index (χ0n) is 7.14. The molecule has 2 rings (SSSR count). The molecule has 0 saturated carbocycles. The third-order valence-electron chi connectivity index (χ3n) is 1.55. The molecule has 0 aliphatic carbocycles.